The summed E-state index contributed by atoms with van der Waals surface area (Å²) in [5, 5.41) is 0.812. The highest BCUT2D eigenvalue weighted by molar-refractivity contribution is 5.76. The van der Waals surface area contributed by atoms with Crippen LogP contribution in [-0.2, 0) is 6.54 Å². The van der Waals surface area contributed by atoms with Gasteiger partial charge in [0.1, 0.15) is 17.2 Å². The van der Waals surface area contributed by atoms with Gasteiger partial charge < -0.3 is 4.74 Å². The minimum Gasteiger partial charge on any atom is -0.470 e. The van der Waals surface area contributed by atoms with E-state index in [2.05, 4.69) is 15.0 Å². The van der Waals surface area contributed by atoms with Crippen LogP contribution in [0.15, 0.2) is 53.6 Å². The molecule has 9 heteroatoms. The van der Waals surface area contributed by atoms with E-state index in [1.54, 1.807) is 10.6 Å². The number of rotatable bonds is 7. The zero-order valence-electron chi connectivity index (χ0n) is 21.3. The maximum atomic E-state index is 14.1. The van der Waals surface area contributed by atoms with Gasteiger partial charge in [0.15, 0.2) is 6.61 Å². The molecule has 1 aromatic carbocycles. The fourth-order valence-electron chi connectivity index (χ4n) is 5.46. The molecule has 0 amide bonds. The molecule has 6 nitrogen and oxygen atoms in total. The highest BCUT2D eigenvalue weighted by atomic mass is 19.3. The first-order valence-electron chi connectivity index (χ1n) is 12.8. The van der Waals surface area contributed by atoms with E-state index < -0.39 is 13.0 Å². The highest BCUT2D eigenvalue weighted by Crippen LogP contribution is 2.41. The van der Waals surface area contributed by atoms with E-state index in [-0.39, 0.29) is 41.3 Å². The van der Waals surface area contributed by atoms with Crippen LogP contribution in [-0.4, -0.2) is 32.6 Å². The van der Waals surface area contributed by atoms with Crippen molar-refractivity contribution in [3.63, 3.8) is 0 Å². The van der Waals surface area contributed by atoms with Crippen LogP contribution in [0.1, 0.15) is 65.6 Å². The predicted molar refractivity (Wildman–Crippen MR) is 138 cm³/mol. The molecule has 1 aliphatic rings. The fourth-order valence-corrected chi connectivity index (χ4v) is 5.46. The minimum atomic E-state index is -2.66. The lowest BCUT2D eigenvalue weighted by Gasteiger charge is -2.30. The molecule has 0 atom stereocenters. The third-order valence-electron chi connectivity index (χ3n) is 7.41. The molecule has 4 aromatic rings. The monoisotopic (exact) mass is 522 g/mol. The van der Waals surface area contributed by atoms with Crippen molar-refractivity contribution in [2.24, 2.45) is 0 Å². The average molecular weight is 523 g/mol. The first kappa shape index (κ1) is 25.9. The zero-order valence-corrected chi connectivity index (χ0v) is 21.3. The Balaban J connectivity index is 1.48. The van der Waals surface area contributed by atoms with E-state index >= 15 is 0 Å². The third-order valence-corrected chi connectivity index (χ3v) is 7.41. The summed E-state index contributed by atoms with van der Waals surface area (Å²) in [6.45, 7) is 2.84. The first-order chi connectivity index (χ1) is 18.3. The molecule has 0 bridgehead atoms. The van der Waals surface area contributed by atoms with Crippen LogP contribution >= 0.6 is 0 Å². The normalized spacial score (nSPS) is 17.7. The van der Waals surface area contributed by atoms with Crippen LogP contribution in [0, 0.1) is 19.7 Å². The van der Waals surface area contributed by atoms with Crippen molar-refractivity contribution in [1.29, 1.82) is 0 Å². The van der Waals surface area contributed by atoms with Crippen molar-refractivity contribution in [3.8, 4) is 5.88 Å². The van der Waals surface area contributed by atoms with Crippen LogP contribution in [0.5, 0.6) is 5.88 Å². The summed E-state index contributed by atoms with van der Waals surface area (Å²) in [4.78, 5) is 26.8. The number of nitrogens with zero attached hydrogens (tertiary/aromatic N) is 4. The summed E-state index contributed by atoms with van der Waals surface area (Å²) in [5.74, 6) is 0.0756. The summed E-state index contributed by atoms with van der Waals surface area (Å²) in [6.07, 6.45) is 3.46. The standard InChI is InChI=1S/C29H29F3N4O2/c1-17-6-7-21-14-23(20-10-8-19(9-11-20)22-4-3-5-24(30)18(22)2)29(37)36(27(21)35-17)15-25-28(34-13-12-33-25)38-16-26(31)32/h3-7,12-14,19-20,26H,8-11,15-16H2,1-2H3. The molecular formula is C29H29F3N4O2. The molecule has 5 rings (SSSR count). The van der Waals surface area contributed by atoms with Gasteiger partial charge in [-0.05, 0) is 86.8 Å². The maximum Gasteiger partial charge on any atom is 0.272 e. The van der Waals surface area contributed by atoms with Gasteiger partial charge >= 0.3 is 0 Å². The Morgan fingerprint density at radius 1 is 1.00 bits per heavy atom. The van der Waals surface area contributed by atoms with Gasteiger partial charge in [-0.1, -0.05) is 12.1 Å². The number of aryl methyl sites for hydroxylation is 1. The molecule has 0 aliphatic heterocycles. The predicted octanol–water partition coefficient (Wildman–Crippen LogP) is 6.08. The van der Waals surface area contributed by atoms with Crippen LogP contribution in [0.25, 0.3) is 11.0 Å². The molecule has 1 fully saturated rings. The second-order valence-corrected chi connectivity index (χ2v) is 9.87. The van der Waals surface area contributed by atoms with Crippen molar-refractivity contribution < 1.29 is 17.9 Å². The largest absolute Gasteiger partial charge is 0.470 e. The van der Waals surface area contributed by atoms with Crippen molar-refractivity contribution >= 4 is 11.0 Å². The van der Waals surface area contributed by atoms with E-state index in [1.165, 1.54) is 18.5 Å². The second kappa shape index (κ2) is 10.9. The maximum absolute atomic E-state index is 14.1. The lowest BCUT2D eigenvalue weighted by atomic mass is 9.75. The molecular weight excluding hydrogens is 493 g/mol. The Morgan fingerprint density at radius 3 is 2.45 bits per heavy atom. The lowest BCUT2D eigenvalue weighted by molar-refractivity contribution is 0.0787. The SMILES string of the molecule is Cc1ccc2cc(C3CCC(c4cccc(F)c4C)CC3)c(=O)n(Cc3nccnc3OCC(F)F)c2n1. The Bertz CT molecular complexity index is 1510. The van der Waals surface area contributed by atoms with Gasteiger partial charge in [-0.15, -0.1) is 0 Å². The summed E-state index contributed by atoms with van der Waals surface area (Å²) in [7, 11) is 0. The summed E-state index contributed by atoms with van der Waals surface area (Å²) < 4.78 is 46.4. The highest BCUT2D eigenvalue weighted by Gasteiger charge is 2.28. The number of benzene rings is 1. The zero-order chi connectivity index (χ0) is 26.8. The van der Waals surface area contributed by atoms with Crippen molar-refractivity contribution in [2.75, 3.05) is 6.61 Å². The van der Waals surface area contributed by atoms with Crippen molar-refractivity contribution in [2.45, 2.75) is 64.3 Å². The number of fused-ring (bicyclic) bond motifs is 1. The van der Waals surface area contributed by atoms with Gasteiger partial charge in [0.25, 0.3) is 12.0 Å². The van der Waals surface area contributed by atoms with E-state index in [0.717, 1.165) is 42.3 Å². The molecule has 3 heterocycles. The fraction of sp³-hybridized carbons (Fsp3) is 0.379. The van der Waals surface area contributed by atoms with Crippen molar-refractivity contribution in [3.05, 3.63) is 93.0 Å². The van der Waals surface area contributed by atoms with Gasteiger partial charge in [0.2, 0.25) is 5.88 Å². The molecule has 3 aromatic heterocycles. The van der Waals surface area contributed by atoms with Gasteiger partial charge in [0, 0.05) is 29.0 Å². The van der Waals surface area contributed by atoms with E-state index in [1.807, 2.05) is 38.1 Å². The minimum absolute atomic E-state index is 0.0100. The molecule has 198 valence electrons. The van der Waals surface area contributed by atoms with Gasteiger partial charge in [-0.25, -0.2) is 23.1 Å². The molecule has 0 saturated heterocycles. The van der Waals surface area contributed by atoms with Crippen molar-refractivity contribution in [1.82, 2.24) is 19.5 Å². The van der Waals surface area contributed by atoms with Crippen LogP contribution < -0.4 is 10.3 Å². The Morgan fingerprint density at radius 2 is 1.71 bits per heavy atom. The number of hydrogen-bond acceptors (Lipinski definition) is 5. The quantitative estimate of drug-likeness (QED) is 0.294. The van der Waals surface area contributed by atoms with Crippen LogP contribution in [0.2, 0.25) is 0 Å². The third kappa shape index (κ3) is 5.28. The molecule has 0 unspecified atom stereocenters. The average Bonchev–Trinajstić information content (AvgIpc) is 2.91. The van der Waals surface area contributed by atoms with Gasteiger partial charge in [0.05, 0.1) is 6.54 Å². The number of halogens is 3. The summed E-state index contributed by atoms with van der Waals surface area (Å²) in [6, 6.07) is 11.0. The van der Waals surface area contributed by atoms with Gasteiger partial charge in [-0.3, -0.25) is 14.3 Å². The molecule has 0 spiro atoms. The topological polar surface area (TPSA) is 69.9 Å². The van der Waals surface area contributed by atoms with Gasteiger partial charge in [-0.2, -0.15) is 0 Å². The number of ether oxygens (including phenoxy) is 1. The number of alkyl halides is 2. The lowest BCUT2D eigenvalue weighted by Crippen LogP contribution is -2.29. The van der Waals surface area contributed by atoms with E-state index in [4.69, 9.17) is 4.74 Å². The number of pyridine rings is 2. The first-order valence-corrected chi connectivity index (χ1v) is 12.8. The van der Waals surface area contributed by atoms with E-state index in [9.17, 15) is 18.0 Å². The molecule has 1 aliphatic carbocycles. The second-order valence-electron chi connectivity index (χ2n) is 9.87. The number of hydrogen-bond donors (Lipinski definition) is 0. The summed E-state index contributed by atoms with van der Waals surface area (Å²) >= 11 is 0. The molecule has 1 saturated carbocycles. The van der Waals surface area contributed by atoms with Crippen LogP contribution in [0.3, 0.4) is 0 Å². The Kier molecular flexibility index (Phi) is 7.44. The molecule has 38 heavy (non-hydrogen) atoms. The van der Waals surface area contributed by atoms with E-state index in [0.29, 0.717) is 16.8 Å². The van der Waals surface area contributed by atoms with Crippen LogP contribution in [0.4, 0.5) is 13.2 Å². The smallest absolute Gasteiger partial charge is 0.272 e. The molecule has 0 radical (unpaired) electrons. The Labute approximate surface area is 218 Å². The Hall–Kier alpha value is -3.75. The molecule has 0 N–H and O–H groups in total. The number of aromatic nitrogens is 4. The summed E-state index contributed by atoms with van der Waals surface area (Å²) in [5.41, 5.74) is 3.76.